The molecule has 0 aliphatic carbocycles. The molecule has 1 aromatic heterocycles. The van der Waals surface area contributed by atoms with Gasteiger partial charge >= 0.3 is 0 Å². The summed E-state index contributed by atoms with van der Waals surface area (Å²) < 4.78 is 1.50. The first kappa shape index (κ1) is 18.6. The number of carbonyl (C=O) groups excluding carboxylic acids is 1. The summed E-state index contributed by atoms with van der Waals surface area (Å²) in [7, 11) is 1.68. The van der Waals surface area contributed by atoms with Crippen molar-refractivity contribution in [3.8, 4) is 0 Å². The highest BCUT2D eigenvalue weighted by atomic mass is 35.5. The average molecular weight is 416 g/mol. The summed E-state index contributed by atoms with van der Waals surface area (Å²) in [4.78, 5) is 29.8. The summed E-state index contributed by atoms with van der Waals surface area (Å²) >= 11 is 14.6. The standard InChI is InChI=1S/C16H15Cl2N3O2S2/c1-8-5-12-14(25-8)15(23)21(2)16(20-12)24-7-13(22)19-9-3-4-10(17)11(18)6-9/h3-4,6,8H,5,7H2,1-2H3,(H,19,22)/t8-/m0/s1. The number of nitrogens with one attached hydrogen (secondary N) is 1. The van der Waals surface area contributed by atoms with Crippen molar-refractivity contribution in [1.82, 2.24) is 9.55 Å². The van der Waals surface area contributed by atoms with Crippen LogP contribution in [0.3, 0.4) is 0 Å². The van der Waals surface area contributed by atoms with Crippen LogP contribution >= 0.6 is 46.7 Å². The van der Waals surface area contributed by atoms with Crippen molar-refractivity contribution < 1.29 is 4.79 Å². The van der Waals surface area contributed by atoms with Crippen molar-refractivity contribution in [2.45, 2.75) is 28.6 Å². The Morgan fingerprint density at radius 1 is 1.44 bits per heavy atom. The van der Waals surface area contributed by atoms with E-state index < -0.39 is 0 Å². The van der Waals surface area contributed by atoms with Crippen LogP contribution < -0.4 is 10.9 Å². The maximum atomic E-state index is 12.4. The molecular weight excluding hydrogens is 401 g/mol. The Balaban J connectivity index is 1.68. The van der Waals surface area contributed by atoms with Gasteiger partial charge in [0.05, 0.1) is 26.4 Å². The first-order valence-corrected chi connectivity index (χ1v) is 10.1. The number of rotatable bonds is 4. The molecule has 0 fully saturated rings. The molecule has 1 aliphatic rings. The highest BCUT2D eigenvalue weighted by Crippen LogP contribution is 2.34. The number of anilines is 1. The van der Waals surface area contributed by atoms with Gasteiger partial charge in [0.25, 0.3) is 5.56 Å². The molecular formula is C16H15Cl2N3O2S2. The maximum Gasteiger partial charge on any atom is 0.267 e. The van der Waals surface area contributed by atoms with Crippen LogP contribution in [-0.2, 0) is 18.3 Å². The summed E-state index contributed by atoms with van der Waals surface area (Å²) in [5.74, 6) is -0.0666. The fourth-order valence-electron chi connectivity index (χ4n) is 2.41. The Morgan fingerprint density at radius 2 is 2.20 bits per heavy atom. The van der Waals surface area contributed by atoms with Crippen molar-refractivity contribution >= 4 is 58.3 Å². The third-order valence-corrected chi connectivity index (χ3v) is 6.60. The van der Waals surface area contributed by atoms with Crippen molar-refractivity contribution in [2.24, 2.45) is 7.05 Å². The molecule has 5 nitrogen and oxygen atoms in total. The molecule has 1 aliphatic heterocycles. The SMILES string of the molecule is C[C@H]1Cc2nc(SCC(=O)Nc3ccc(Cl)c(Cl)c3)n(C)c(=O)c2S1. The Morgan fingerprint density at radius 3 is 2.92 bits per heavy atom. The number of carbonyl (C=O) groups is 1. The van der Waals surface area contributed by atoms with E-state index in [1.807, 2.05) is 0 Å². The molecule has 0 saturated carbocycles. The molecule has 9 heteroatoms. The molecule has 0 unspecified atom stereocenters. The Hall–Kier alpha value is -1.15. The number of hydrogen-bond donors (Lipinski definition) is 1. The summed E-state index contributed by atoms with van der Waals surface area (Å²) in [5.41, 5.74) is 1.35. The van der Waals surface area contributed by atoms with E-state index in [2.05, 4.69) is 17.2 Å². The number of aromatic nitrogens is 2. The van der Waals surface area contributed by atoms with Crippen LogP contribution in [0.25, 0.3) is 0 Å². The first-order valence-electron chi connectivity index (χ1n) is 7.49. The number of amides is 1. The number of fused-ring (bicyclic) bond motifs is 1. The molecule has 1 atom stereocenters. The zero-order valence-corrected chi connectivity index (χ0v) is 16.7. The molecule has 0 radical (unpaired) electrons. The van der Waals surface area contributed by atoms with E-state index in [-0.39, 0.29) is 17.2 Å². The summed E-state index contributed by atoms with van der Waals surface area (Å²) in [6, 6.07) is 4.89. The average Bonchev–Trinajstić information content (AvgIpc) is 2.94. The number of nitrogens with zero attached hydrogens (tertiary/aromatic N) is 2. The lowest BCUT2D eigenvalue weighted by Crippen LogP contribution is -2.23. The van der Waals surface area contributed by atoms with E-state index >= 15 is 0 Å². The smallest absolute Gasteiger partial charge is 0.267 e. The Kier molecular flexibility index (Phi) is 5.68. The second-order valence-corrected chi connectivity index (χ2v) is 8.84. The molecule has 2 heterocycles. The molecule has 0 saturated heterocycles. The lowest BCUT2D eigenvalue weighted by atomic mass is 10.2. The molecule has 25 heavy (non-hydrogen) atoms. The van der Waals surface area contributed by atoms with Crippen LogP contribution in [0, 0.1) is 0 Å². The van der Waals surface area contributed by atoms with Gasteiger partial charge in [0.1, 0.15) is 0 Å². The highest BCUT2D eigenvalue weighted by molar-refractivity contribution is 8.00. The van der Waals surface area contributed by atoms with E-state index in [0.717, 1.165) is 17.0 Å². The van der Waals surface area contributed by atoms with Gasteiger partial charge in [0, 0.05) is 24.4 Å². The minimum Gasteiger partial charge on any atom is -0.325 e. The van der Waals surface area contributed by atoms with Gasteiger partial charge in [-0.05, 0) is 18.2 Å². The van der Waals surface area contributed by atoms with Crippen LogP contribution in [0.2, 0.25) is 10.0 Å². The second kappa shape index (κ2) is 7.61. The zero-order chi connectivity index (χ0) is 18.1. The van der Waals surface area contributed by atoms with Gasteiger partial charge in [0.15, 0.2) is 5.16 Å². The number of thioether (sulfide) groups is 2. The molecule has 0 spiro atoms. The van der Waals surface area contributed by atoms with E-state index in [0.29, 0.717) is 26.1 Å². The topological polar surface area (TPSA) is 64.0 Å². The van der Waals surface area contributed by atoms with Crippen LogP contribution in [0.1, 0.15) is 12.6 Å². The minimum atomic E-state index is -0.208. The highest BCUT2D eigenvalue weighted by Gasteiger charge is 2.25. The van der Waals surface area contributed by atoms with E-state index in [4.69, 9.17) is 23.2 Å². The fourth-order valence-corrected chi connectivity index (χ4v) is 4.63. The summed E-state index contributed by atoms with van der Waals surface area (Å²) in [5, 5.41) is 4.46. The van der Waals surface area contributed by atoms with Gasteiger partial charge in [-0.25, -0.2) is 4.98 Å². The van der Waals surface area contributed by atoms with Crippen molar-refractivity contribution in [2.75, 3.05) is 11.1 Å². The van der Waals surface area contributed by atoms with Gasteiger partial charge in [-0.3, -0.25) is 14.2 Å². The zero-order valence-electron chi connectivity index (χ0n) is 13.5. The predicted molar refractivity (Wildman–Crippen MR) is 104 cm³/mol. The van der Waals surface area contributed by atoms with Crippen LogP contribution in [0.4, 0.5) is 5.69 Å². The molecule has 1 N–H and O–H groups in total. The molecule has 2 aromatic rings. The van der Waals surface area contributed by atoms with Gasteiger partial charge in [-0.2, -0.15) is 0 Å². The molecule has 0 bridgehead atoms. The fraction of sp³-hybridized carbons (Fsp3) is 0.312. The van der Waals surface area contributed by atoms with Crippen LogP contribution in [0.15, 0.2) is 33.0 Å². The van der Waals surface area contributed by atoms with Crippen molar-refractivity contribution in [3.63, 3.8) is 0 Å². The Labute approximate surface area is 163 Å². The number of hydrogen-bond acceptors (Lipinski definition) is 5. The lowest BCUT2D eigenvalue weighted by molar-refractivity contribution is -0.113. The third kappa shape index (κ3) is 4.16. The van der Waals surface area contributed by atoms with E-state index in [1.54, 1.807) is 37.0 Å². The van der Waals surface area contributed by atoms with Crippen molar-refractivity contribution in [1.29, 1.82) is 0 Å². The number of halogens is 2. The largest absolute Gasteiger partial charge is 0.325 e. The third-order valence-electron chi connectivity index (χ3n) is 3.61. The predicted octanol–water partition coefficient (Wildman–Crippen LogP) is 3.85. The van der Waals surface area contributed by atoms with Gasteiger partial charge in [-0.15, -0.1) is 11.8 Å². The number of benzene rings is 1. The monoisotopic (exact) mass is 415 g/mol. The quantitative estimate of drug-likeness (QED) is 0.606. The molecule has 132 valence electrons. The van der Waals surface area contributed by atoms with Gasteiger partial charge in [-0.1, -0.05) is 41.9 Å². The van der Waals surface area contributed by atoms with Crippen LogP contribution in [0.5, 0.6) is 0 Å². The van der Waals surface area contributed by atoms with Gasteiger partial charge in [0.2, 0.25) is 5.91 Å². The molecule has 1 aromatic carbocycles. The minimum absolute atomic E-state index is 0.0493. The normalized spacial score (nSPS) is 15.9. The van der Waals surface area contributed by atoms with E-state index in [9.17, 15) is 9.59 Å². The van der Waals surface area contributed by atoms with Crippen LogP contribution in [-0.4, -0.2) is 26.5 Å². The van der Waals surface area contributed by atoms with Crippen molar-refractivity contribution in [3.05, 3.63) is 44.3 Å². The summed E-state index contributed by atoms with van der Waals surface area (Å²) in [6.07, 6.45) is 0.777. The van der Waals surface area contributed by atoms with Gasteiger partial charge < -0.3 is 5.32 Å². The van der Waals surface area contributed by atoms with E-state index in [1.165, 1.54) is 16.3 Å². The molecule has 1 amide bonds. The summed E-state index contributed by atoms with van der Waals surface area (Å²) in [6.45, 7) is 2.07. The first-order chi connectivity index (χ1) is 11.8. The maximum absolute atomic E-state index is 12.4. The molecule has 3 rings (SSSR count). The second-order valence-electron chi connectivity index (χ2n) is 5.63. The Bertz CT molecular complexity index is 902. The lowest BCUT2D eigenvalue weighted by Gasteiger charge is -2.10.